The SMILES string of the molecule is C=C(C[C@@H]1NC(=O)[C@H](CCCNCN)NC(=O)[C@@H](Cc2ccccc2)NC(=O)[C@@H]2C[C@@H](O)CN2C(=O)[C@@H](NC(=O)[C@H](CCCC)NC(=O)[C@H](CN(CC(=O)O)CC(=O)O)NC(=O)[C@H](CC(=N)CN)NC(=O)[C@H](CCC(N)=O)NC(=O)[C@H](CO)NC(=O)CNC(=O)COCCOCCNC(=O)CCCCCCCCCCCCCCCc2nnn[nH]2)CCC(=O)NCCCC[C@@H](C(N)=O)NC1=O)c1ccccc1N. The first-order valence-electron chi connectivity index (χ1n) is 48.8. The van der Waals surface area contributed by atoms with Gasteiger partial charge in [0, 0.05) is 108 Å². The second-order valence-corrected chi connectivity index (χ2v) is 35.3. The summed E-state index contributed by atoms with van der Waals surface area (Å²) in [5, 5.41) is 99.7. The third-order valence-electron chi connectivity index (χ3n) is 23.6. The summed E-state index contributed by atoms with van der Waals surface area (Å²) in [6.45, 7) is -0.402. The minimum Gasteiger partial charge on any atom is -0.480 e. The molecule has 0 bridgehead atoms. The van der Waals surface area contributed by atoms with E-state index in [1.807, 2.05) is 0 Å². The topological polar surface area (TPSA) is 790 Å². The summed E-state index contributed by atoms with van der Waals surface area (Å²) >= 11 is 0. The van der Waals surface area contributed by atoms with Crippen molar-refractivity contribution < 1.29 is 116 Å². The number of carbonyl (C=O) groups is 18. The van der Waals surface area contributed by atoms with Crippen molar-refractivity contribution in [1.29, 1.82) is 5.41 Å². The number of nitrogens with zero attached hydrogens (tertiary/aromatic N) is 5. The number of hydrogen-bond donors (Lipinski definition) is 25. The number of aliphatic carboxylic acids is 2. The largest absolute Gasteiger partial charge is 0.480 e. The Morgan fingerprint density at radius 3 is 1.85 bits per heavy atom. The number of aliphatic hydroxyl groups excluding tert-OH is 2. The molecule has 50 nitrogen and oxygen atoms in total. The van der Waals surface area contributed by atoms with Crippen LogP contribution in [0.3, 0.4) is 0 Å². The Hall–Kier alpha value is -13.1. The van der Waals surface area contributed by atoms with Crippen LogP contribution >= 0.6 is 0 Å². The number of hydrogen-bond acceptors (Lipinski definition) is 31. The number of amides is 16. The summed E-state index contributed by atoms with van der Waals surface area (Å²) in [5.74, 6) is -18.4. The lowest BCUT2D eigenvalue weighted by Crippen LogP contribution is -2.62. The smallest absolute Gasteiger partial charge is 0.317 e. The quantitative estimate of drug-likeness (QED) is 0.0109. The van der Waals surface area contributed by atoms with Gasteiger partial charge >= 0.3 is 11.9 Å². The number of aryl methyl sites for hydroxylation is 1. The number of fused-ring (bicyclic) bond motifs is 1. The summed E-state index contributed by atoms with van der Waals surface area (Å²) in [6.07, 6.45) is 10.7. The summed E-state index contributed by atoms with van der Waals surface area (Å²) < 4.78 is 10.8. The van der Waals surface area contributed by atoms with Crippen molar-refractivity contribution in [2.24, 2.45) is 22.9 Å². The molecule has 2 aliphatic rings. The van der Waals surface area contributed by atoms with Gasteiger partial charge in [0.1, 0.15) is 78.9 Å². The van der Waals surface area contributed by atoms with Gasteiger partial charge in [0.15, 0.2) is 0 Å². The van der Waals surface area contributed by atoms with E-state index >= 15 is 24.0 Å². The van der Waals surface area contributed by atoms with Gasteiger partial charge in [-0.25, -0.2) is 5.10 Å². The van der Waals surface area contributed by atoms with Gasteiger partial charge in [0.05, 0.1) is 52.2 Å². The lowest BCUT2D eigenvalue weighted by atomic mass is 9.97. The maximum Gasteiger partial charge on any atom is 0.317 e. The molecule has 0 radical (unpaired) electrons. The van der Waals surface area contributed by atoms with Crippen LogP contribution in [0, 0.1) is 5.41 Å². The molecule has 0 saturated carbocycles. The molecule has 2 aliphatic heterocycles. The number of para-hydroxylation sites is 1. The highest BCUT2D eigenvalue weighted by atomic mass is 16.5. The van der Waals surface area contributed by atoms with Crippen LogP contribution in [0.4, 0.5) is 5.69 Å². The van der Waals surface area contributed by atoms with Gasteiger partial charge in [-0.3, -0.25) is 91.2 Å². The molecule has 794 valence electrons. The van der Waals surface area contributed by atoms with Gasteiger partial charge in [0.25, 0.3) is 0 Å². The van der Waals surface area contributed by atoms with Crippen molar-refractivity contribution in [3.05, 3.63) is 78.1 Å². The fraction of sp³-hybridized carbons (Fsp3) is 0.634. The maximum atomic E-state index is 15.5. The number of aromatic nitrogens is 4. The molecule has 12 atom stereocenters. The number of aromatic amines is 1. The number of nitrogen functional groups attached to an aromatic ring is 1. The molecule has 0 spiro atoms. The van der Waals surface area contributed by atoms with Gasteiger partial charge in [-0.05, 0) is 98.4 Å². The fourth-order valence-corrected chi connectivity index (χ4v) is 15.8. The van der Waals surface area contributed by atoms with Crippen molar-refractivity contribution in [3.63, 3.8) is 0 Å². The third-order valence-corrected chi connectivity index (χ3v) is 23.6. The molecule has 50 heteroatoms. The van der Waals surface area contributed by atoms with E-state index in [0.717, 1.165) is 49.2 Å². The molecule has 2 fully saturated rings. The minimum atomic E-state index is -2.14. The highest BCUT2D eigenvalue weighted by molar-refractivity contribution is 6.02. The Morgan fingerprint density at radius 1 is 0.622 bits per heavy atom. The summed E-state index contributed by atoms with van der Waals surface area (Å²) in [6, 6.07) is -4.21. The van der Waals surface area contributed by atoms with Crippen molar-refractivity contribution in [1.82, 2.24) is 105 Å². The third kappa shape index (κ3) is 48.5. The van der Waals surface area contributed by atoms with Crippen LogP contribution in [0.15, 0.2) is 61.2 Å². The first-order valence-corrected chi connectivity index (χ1v) is 48.8. The molecular weight excluding hydrogens is 1870 g/mol. The highest BCUT2D eigenvalue weighted by Gasteiger charge is 2.45. The Labute approximate surface area is 830 Å². The monoisotopic (exact) mass is 2010 g/mol. The number of primary amides is 2. The molecule has 30 N–H and O–H groups in total. The van der Waals surface area contributed by atoms with Crippen LogP contribution in [-0.2, 0) is 109 Å². The van der Waals surface area contributed by atoms with Crippen LogP contribution in [-0.4, -0.2) is 334 Å². The molecule has 5 rings (SSSR count). The average Bonchev–Trinajstić information content (AvgIpc) is 1.67. The number of nitrogens with one attached hydrogen (secondary N) is 16. The number of nitrogens with two attached hydrogens (primary N) is 5. The van der Waals surface area contributed by atoms with Crippen LogP contribution in [0.5, 0.6) is 0 Å². The van der Waals surface area contributed by atoms with E-state index in [1.165, 1.54) is 51.4 Å². The van der Waals surface area contributed by atoms with Gasteiger partial charge in [-0.15, -0.1) is 5.10 Å². The molecule has 0 aliphatic carbocycles. The molecule has 2 aromatic carbocycles. The normalized spacial score (nSPS) is 18.4. The Morgan fingerprint density at radius 2 is 1.22 bits per heavy atom. The lowest BCUT2D eigenvalue weighted by Gasteiger charge is -2.31. The molecule has 3 heterocycles. The number of rotatable bonds is 64. The standard InChI is InChI=1S/C93H148N26O24/c1-3-4-30-65(84(132)109-68-36-38-78(124)101-40-24-23-31-64(83(99)131)105-87(135)69(45-58(2)62-28-21-22-29-63(62)97)110-85(133)66(32-25-39-100-57-95)106-88(136)70(46-59-26-17-16-18-27-59)112-92(140)74-48-61(121)51-119(74)93(68)141)107-90(138)72(52-118(53-81(127)128)54-82(129)130)113-89(137)71(47-60(96)49-94)111-86(134)67(35-37-75(98)122)108-91(139)73(55-120)104-79(125)50-103-80(126)56-143-44-43-142-42-41-102-77(123)34-20-15-13-11-9-7-5-6-8-10-12-14-19-33-76-114-116-117-115-76/h16-18,21-22,26-29,61,64-74,96,100,120-121H,2-15,19-20,23-25,30-57,94-95,97H2,1H3,(H2,98,122)(H2,99,131)(H,101,124)(H,102,123)(H,103,126)(H,104,125)(H,105,135)(H,106,136)(H,107,138)(H,108,139)(H,109,132)(H,110,133)(H,111,134)(H,112,140)(H,113,137)(H,127,128)(H,129,130)(H,114,115,116,117)/t61-,64+,65+,66+,67+,68+,69+,70-,71+,72+,73+,74+/m1/s1. The minimum absolute atomic E-state index is 0.0371. The second-order valence-electron chi connectivity index (χ2n) is 35.3. The van der Waals surface area contributed by atoms with E-state index in [2.05, 4.69) is 102 Å². The predicted molar refractivity (Wildman–Crippen MR) is 520 cm³/mol. The van der Waals surface area contributed by atoms with Crippen LogP contribution in [0.25, 0.3) is 5.57 Å². The number of aliphatic hydroxyl groups is 2. The zero-order valence-corrected chi connectivity index (χ0v) is 81.4. The van der Waals surface area contributed by atoms with Crippen molar-refractivity contribution >= 4 is 123 Å². The van der Waals surface area contributed by atoms with Crippen molar-refractivity contribution in [3.8, 4) is 0 Å². The maximum absolute atomic E-state index is 15.5. The van der Waals surface area contributed by atoms with Crippen LogP contribution in [0.1, 0.15) is 210 Å². The van der Waals surface area contributed by atoms with Gasteiger partial charge in [-0.2, -0.15) is 0 Å². The van der Waals surface area contributed by atoms with Crippen LogP contribution < -0.4 is 103 Å². The van der Waals surface area contributed by atoms with Gasteiger partial charge in [0.2, 0.25) is 94.5 Å². The molecule has 1 aromatic heterocycles. The number of benzene rings is 2. The number of carboxylic acid groups (broad SMARTS) is 2. The van der Waals surface area contributed by atoms with Gasteiger partial charge in [-0.1, -0.05) is 146 Å². The number of H-pyrrole nitrogens is 1. The van der Waals surface area contributed by atoms with Crippen molar-refractivity contribution in [2.75, 3.05) is 104 Å². The van der Waals surface area contributed by atoms with E-state index in [-0.39, 0.29) is 110 Å². The molecule has 2 saturated heterocycles. The number of anilines is 1. The Balaban J connectivity index is 1.30. The first kappa shape index (κ1) is 120. The summed E-state index contributed by atoms with van der Waals surface area (Å²) in [7, 11) is 0. The molecule has 0 unspecified atom stereocenters. The number of carbonyl (C=O) groups excluding carboxylic acids is 16. The fourth-order valence-electron chi connectivity index (χ4n) is 15.8. The number of carboxylic acids is 2. The Bertz CT molecular complexity index is 4580. The van der Waals surface area contributed by atoms with E-state index in [9.17, 15) is 82.8 Å². The summed E-state index contributed by atoms with van der Waals surface area (Å²) in [5.41, 5.74) is 30.2. The van der Waals surface area contributed by atoms with Crippen molar-refractivity contribution in [2.45, 2.75) is 279 Å². The molecule has 16 amide bonds. The van der Waals surface area contributed by atoms with E-state index in [1.54, 1.807) is 61.5 Å². The highest BCUT2D eigenvalue weighted by Crippen LogP contribution is 2.26. The average molecular weight is 2010 g/mol. The predicted octanol–water partition coefficient (Wildman–Crippen LogP) is -4.65. The molecular formula is C93H148N26O24. The van der Waals surface area contributed by atoms with Crippen LogP contribution in [0.2, 0.25) is 0 Å². The number of ether oxygens (including phenoxy) is 2. The lowest BCUT2D eigenvalue weighted by molar-refractivity contribution is -0.144. The number of tetrazole rings is 1. The molecule has 143 heavy (non-hydrogen) atoms. The van der Waals surface area contributed by atoms with E-state index < -0.39 is 270 Å². The number of unbranched alkanes of at least 4 members (excludes halogenated alkanes) is 13. The van der Waals surface area contributed by atoms with Gasteiger partial charge < -0.3 is 143 Å². The zero-order chi connectivity index (χ0) is 105. The summed E-state index contributed by atoms with van der Waals surface area (Å²) in [4.78, 5) is 252. The van der Waals surface area contributed by atoms with E-state index in [4.69, 9.17) is 43.6 Å². The second kappa shape index (κ2) is 68.1. The Kier molecular flexibility index (Phi) is 57.3. The molecule has 3 aromatic rings. The van der Waals surface area contributed by atoms with E-state index in [0.29, 0.717) is 40.1 Å². The first-order chi connectivity index (χ1) is 68.5. The zero-order valence-electron chi connectivity index (χ0n) is 81.4.